The van der Waals surface area contributed by atoms with Crippen molar-refractivity contribution in [2.45, 2.75) is 19.8 Å². The van der Waals surface area contributed by atoms with Crippen LogP contribution in [0.3, 0.4) is 0 Å². The zero-order chi connectivity index (χ0) is 18.1. The third-order valence-electron chi connectivity index (χ3n) is 4.74. The molecule has 1 saturated heterocycles. The normalized spacial score (nSPS) is 15.3. The monoisotopic (exact) mass is 353 g/mol. The van der Waals surface area contributed by atoms with E-state index in [1.165, 1.54) is 0 Å². The van der Waals surface area contributed by atoms with Crippen molar-refractivity contribution in [3.63, 3.8) is 0 Å². The van der Waals surface area contributed by atoms with E-state index >= 15 is 0 Å². The Labute approximate surface area is 149 Å². The Balaban J connectivity index is 1.39. The number of benzene rings is 1. The minimum absolute atomic E-state index is 0.0363. The molecule has 1 aliphatic heterocycles. The van der Waals surface area contributed by atoms with Crippen LogP contribution in [0.4, 0.5) is 5.82 Å². The number of para-hydroxylation sites is 1. The Morgan fingerprint density at radius 1 is 1.31 bits per heavy atom. The highest BCUT2D eigenvalue weighted by Gasteiger charge is 2.29. The van der Waals surface area contributed by atoms with Gasteiger partial charge in [0.05, 0.1) is 17.3 Å². The molecule has 2 aromatic heterocycles. The summed E-state index contributed by atoms with van der Waals surface area (Å²) >= 11 is 0. The summed E-state index contributed by atoms with van der Waals surface area (Å²) in [6.45, 7) is 2.85. The van der Waals surface area contributed by atoms with Gasteiger partial charge in [-0.25, -0.2) is 0 Å². The van der Waals surface area contributed by atoms with Gasteiger partial charge in [-0.3, -0.25) is 14.7 Å². The molecule has 4 rings (SSSR count). The Morgan fingerprint density at radius 3 is 2.85 bits per heavy atom. The van der Waals surface area contributed by atoms with Crippen molar-refractivity contribution in [2.24, 2.45) is 5.92 Å². The number of piperidine rings is 1. The molecule has 2 amide bonds. The number of rotatable bonds is 3. The summed E-state index contributed by atoms with van der Waals surface area (Å²) in [6.07, 6.45) is 2.94. The van der Waals surface area contributed by atoms with Crippen molar-refractivity contribution in [2.75, 3.05) is 18.4 Å². The van der Waals surface area contributed by atoms with Gasteiger partial charge in [0, 0.05) is 30.5 Å². The molecule has 0 radical (unpaired) electrons. The molecule has 26 heavy (non-hydrogen) atoms. The molecule has 8 nitrogen and oxygen atoms in total. The third kappa shape index (κ3) is 3.05. The molecular formula is C18H19N5O3. The number of fused-ring (bicyclic) bond motifs is 1. The second-order valence-corrected chi connectivity index (χ2v) is 6.52. The summed E-state index contributed by atoms with van der Waals surface area (Å²) in [4.78, 5) is 27.0. The lowest BCUT2D eigenvalue weighted by Gasteiger charge is -2.31. The molecule has 1 aromatic carbocycles. The number of anilines is 1. The van der Waals surface area contributed by atoms with Gasteiger partial charge in [-0.15, -0.1) is 0 Å². The van der Waals surface area contributed by atoms with E-state index < -0.39 is 0 Å². The lowest BCUT2D eigenvalue weighted by atomic mass is 9.95. The van der Waals surface area contributed by atoms with Gasteiger partial charge in [0.1, 0.15) is 5.76 Å². The Kier molecular flexibility index (Phi) is 4.16. The molecule has 0 bridgehead atoms. The average Bonchev–Trinajstić information content (AvgIpc) is 3.29. The van der Waals surface area contributed by atoms with E-state index in [9.17, 15) is 9.59 Å². The molecule has 1 fully saturated rings. The first kappa shape index (κ1) is 16.3. The average molecular weight is 353 g/mol. The van der Waals surface area contributed by atoms with Crippen LogP contribution in [0.1, 0.15) is 29.0 Å². The van der Waals surface area contributed by atoms with Crippen LogP contribution < -0.4 is 5.32 Å². The molecule has 1 aliphatic rings. The fourth-order valence-electron chi connectivity index (χ4n) is 3.32. The highest BCUT2D eigenvalue weighted by Crippen LogP contribution is 2.23. The number of nitrogens with zero attached hydrogens (tertiary/aromatic N) is 3. The summed E-state index contributed by atoms with van der Waals surface area (Å²) in [5.41, 5.74) is 1.36. The lowest BCUT2D eigenvalue weighted by molar-refractivity contribution is -0.121. The maximum absolute atomic E-state index is 12.8. The molecule has 0 atom stereocenters. The second kappa shape index (κ2) is 6.62. The molecule has 3 aromatic rings. The SMILES string of the molecule is Cc1cc(NC(=O)C2CCN(C(=O)c3cccc4cn[nH]c34)CC2)no1. The minimum atomic E-state index is -0.140. The Bertz CT molecular complexity index is 953. The number of hydrogen-bond acceptors (Lipinski definition) is 5. The van der Waals surface area contributed by atoms with E-state index in [1.54, 1.807) is 30.2 Å². The highest BCUT2D eigenvalue weighted by atomic mass is 16.5. The predicted molar refractivity (Wildman–Crippen MR) is 94.6 cm³/mol. The van der Waals surface area contributed by atoms with Crippen molar-refractivity contribution < 1.29 is 14.1 Å². The number of hydrogen-bond donors (Lipinski definition) is 2. The van der Waals surface area contributed by atoms with Crippen LogP contribution in [0, 0.1) is 12.8 Å². The molecule has 134 valence electrons. The summed E-state index contributed by atoms with van der Waals surface area (Å²) in [5, 5.41) is 14.3. The molecule has 0 spiro atoms. The number of H-pyrrole nitrogens is 1. The quantitative estimate of drug-likeness (QED) is 0.752. The van der Waals surface area contributed by atoms with Crippen molar-refractivity contribution in [3.05, 3.63) is 41.8 Å². The Hall–Kier alpha value is -3.16. The molecule has 0 unspecified atom stereocenters. The summed E-state index contributed by atoms with van der Waals surface area (Å²) < 4.78 is 4.95. The molecule has 0 saturated carbocycles. The number of nitrogens with one attached hydrogen (secondary N) is 2. The third-order valence-corrected chi connectivity index (χ3v) is 4.74. The molecule has 8 heteroatoms. The zero-order valence-electron chi connectivity index (χ0n) is 14.4. The maximum Gasteiger partial charge on any atom is 0.256 e. The van der Waals surface area contributed by atoms with Crippen molar-refractivity contribution in [1.82, 2.24) is 20.3 Å². The second-order valence-electron chi connectivity index (χ2n) is 6.52. The van der Waals surface area contributed by atoms with Crippen LogP contribution >= 0.6 is 0 Å². The van der Waals surface area contributed by atoms with Gasteiger partial charge >= 0.3 is 0 Å². The first-order valence-electron chi connectivity index (χ1n) is 8.57. The number of carbonyl (C=O) groups is 2. The number of aryl methyl sites for hydroxylation is 1. The van der Waals surface area contributed by atoms with Gasteiger partial charge in [0.15, 0.2) is 5.82 Å². The Morgan fingerprint density at radius 2 is 2.12 bits per heavy atom. The summed E-state index contributed by atoms with van der Waals surface area (Å²) in [6, 6.07) is 7.25. The van der Waals surface area contributed by atoms with E-state index in [4.69, 9.17) is 4.52 Å². The summed E-state index contributed by atoms with van der Waals surface area (Å²) in [5.74, 6) is 0.816. The summed E-state index contributed by atoms with van der Waals surface area (Å²) in [7, 11) is 0. The van der Waals surface area contributed by atoms with Crippen LogP contribution in [-0.4, -0.2) is 45.2 Å². The van der Waals surface area contributed by atoms with Gasteiger partial charge in [0.25, 0.3) is 5.91 Å². The number of amides is 2. The standard InChI is InChI=1S/C18H19N5O3/c1-11-9-15(22-26-11)20-17(24)12-5-7-23(8-6-12)18(25)14-4-2-3-13-10-19-21-16(13)14/h2-4,9-10,12H,5-8H2,1H3,(H,19,21)(H,20,22,24). The van der Waals surface area contributed by atoms with Gasteiger partial charge < -0.3 is 14.7 Å². The van der Waals surface area contributed by atoms with Crippen LogP contribution in [-0.2, 0) is 4.79 Å². The zero-order valence-corrected chi connectivity index (χ0v) is 14.4. The van der Waals surface area contributed by atoms with Crippen molar-refractivity contribution in [3.8, 4) is 0 Å². The van der Waals surface area contributed by atoms with E-state index in [0.29, 0.717) is 43.1 Å². The smallest absolute Gasteiger partial charge is 0.256 e. The van der Waals surface area contributed by atoms with Crippen LogP contribution in [0.25, 0.3) is 10.9 Å². The molecular weight excluding hydrogens is 334 g/mol. The van der Waals surface area contributed by atoms with Crippen LogP contribution in [0.5, 0.6) is 0 Å². The maximum atomic E-state index is 12.8. The number of aromatic nitrogens is 3. The number of likely N-dealkylation sites (tertiary alicyclic amines) is 1. The lowest BCUT2D eigenvalue weighted by Crippen LogP contribution is -2.41. The first-order chi connectivity index (χ1) is 12.6. The highest BCUT2D eigenvalue weighted by molar-refractivity contribution is 6.05. The van der Waals surface area contributed by atoms with E-state index in [0.717, 1.165) is 10.9 Å². The first-order valence-corrected chi connectivity index (χ1v) is 8.57. The van der Waals surface area contributed by atoms with Crippen LogP contribution in [0.2, 0.25) is 0 Å². The van der Waals surface area contributed by atoms with Crippen molar-refractivity contribution in [1.29, 1.82) is 0 Å². The molecule has 2 N–H and O–H groups in total. The minimum Gasteiger partial charge on any atom is -0.360 e. The van der Waals surface area contributed by atoms with Gasteiger partial charge in [-0.05, 0) is 25.8 Å². The topological polar surface area (TPSA) is 104 Å². The molecule has 3 heterocycles. The van der Waals surface area contributed by atoms with Gasteiger partial charge in [-0.1, -0.05) is 17.3 Å². The van der Waals surface area contributed by atoms with E-state index in [-0.39, 0.29) is 17.7 Å². The van der Waals surface area contributed by atoms with E-state index in [2.05, 4.69) is 20.7 Å². The van der Waals surface area contributed by atoms with Crippen molar-refractivity contribution >= 4 is 28.5 Å². The fraction of sp³-hybridized carbons (Fsp3) is 0.333. The molecule has 0 aliphatic carbocycles. The van der Waals surface area contributed by atoms with E-state index in [1.807, 2.05) is 12.1 Å². The fourth-order valence-corrected chi connectivity index (χ4v) is 3.32. The number of carbonyl (C=O) groups excluding carboxylic acids is 2. The van der Waals surface area contributed by atoms with Crippen LogP contribution in [0.15, 0.2) is 35.0 Å². The largest absolute Gasteiger partial charge is 0.360 e. The van der Waals surface area contributed by atoms with Gasteiger partial charge in [-0.2, -0.15) is 5.10 Å². The van der Waals surface area contributed by atoms with Gasteiger partial charge in [0.2, 0.25) is 5.91 Å². The number of aromatic amines is 1. The predicted octanol–water partition coefficient (Wildman–Crippen LogP) is 2.35.